The molecule has 2 amide bonds. The van der Waals surface area contributed by atoms with E-state index in [2.05, 4.69) is 10.6 Å². The Morgan fingerprint density at radius 2 is 2.09 bits per heavy atom. The molecule has 0 aromatic carbocycles. The Kier molecular flexibility index (Phi) is 1.09. The van der Waals surface area contributed by atoms with Crippen molar-refractivity contribution in [3.05, 3.63) is 23.5 Å². The summed E-state index contributed by atoms with van der Waals surface area (Å²) in [6.07, 6.45) is 4.01. The number of rotatable bonds is 0. The number of nitrogens with one attached hydrogen (secondary N) is 2. The summed E-state index contributed by atoms with van der Waals surface area (Å²) in [5.74, 6) is -0.601. The van der Waals surface area contributed by atoms with E-state index >= 15 is 0 Å². The van der Waals surface area contributed by atoms with E-state index in [-0.39, 0.29) is 11.8 Å². The van der Waals surface area contributed by atoms with Crippen LogP contribution in [0.5, 0.6) is 0 Å². The predicted molar refractivity (Wildman–Crippen MR) is 37.1 cm³/mol. The first-order chi connectivity index (χ1) is 5.29. The molecule has 2 aliphatic rings. The molecule has 11 heavy (non-hydrogen) atoms. The van der Waals surface area contributed by atoms with Crippen LogP contribution < -0.4 is 10.6 Å². The number of hydrogen-bond donors (Lipinski definition) is 2. The highest BCUT2D eigenvalue weighted by Gasteiger charge is 2.29. The molecule has 0 spiro atoms. The summed E-state index contributed by atoms with van der Waals surface area (Å²) < 4.78 is 0. The van der Waals surface area contributed by atoms with Gasteiger partial charge in [0, 0.05) is 0 Å². The van der Waals surface area contributed by atoms with Crippen molar-refractivity contribution in [2.24, 2.45) is 0 Å². The van der Waals surface area contributed by atoms with E-state index in [1.165, 1.54) is 0 Å². The van der Waals surface area contributed by atoms with Crippen LogP contribution in [0.4, 0.5) is 0 Å². The average Bonchev–Trinajstić information content (AvgIpc) is 2.30. The topological polar surface area (TPSA) is 58.2 Å². The molecule has 0 aromatic rings. The van der Waals surface area contributed by atoms with Crippen LogP contribution in [0, 0.1) is 0 Å². The number of carbonyl (C=O) groups excluding carboxylic acids is 2. The average molecular weight is 150 g/mol. The fourth-order valence-corrected chi connectivity index (χ4v) is 1.16. The second-order valence-electron chi connectivity index (χ2n) is 2.39. The standard InChI is InChI=1S/C7H6N2O2/c10-6-4-2-1-3-8-5(4)7(11)9-6/h1,3,8H,2H2,(H,9,10,11). The third kappa shape index (κ3) is 0.756. The highest BCUT2D eigenvalue weighted by molar-refractivity contribution is 6.19. The molecule has 2 aliphatic heterocycles. The molecule has 0 saturated heterocycles. The molecule has 0 aliphatic carbocycles. The minimum absolute atomic E-state index is 0.276. The molecule has 0 saturated carbocycles. The maximum atomic E-state index is 11.0. The molecule has 2 heterocycles. The van der Waals surface area contributed by atoms with Gasteiger partial charge in [0.1, 0.15) is 5.70 Å². The van der Waals surface area contributed by atoms with Gasteiger partial charge in [0.25, 0.3) is 11.8 Å². The third-order valence-electron chi connectivity index (χ3n) is 1.70. The van der Waals surface area contributed by atoms with E-state index in [1.807, 2.05) is 0 Å². The molecule has 0 radical (unpaired) electrons. The van der Waals surface area contributed by atoms with Crippen LogP contribution in [-0.2, 0) is 9.59 Å². The van der Waals surface area contributed by atoms with E-state index in [4.69, 9.17) is 0 Å². The number of amides is 2. The van der Waals surface area contributed by atoms with Gasteiger partial charge in [0.2, 0.25) is 0 Å². The summed E-state index contributed by atoms with van der Waals surface area (Å²) in [7, 11) is 0. The summed E-state index contributed by atoms with van der Waals surface area (Å²) in [6.45, 7) is 0. The lowest BCUT2D eigenvalue weighted by Gasteiger charge is -2.04. The van der Waals surface area contributed by atoms with Gasteiger partial charge < -0.3 is 5.32 Å². The van der Waals surface area contributed by atoms with Crippen LogP contribution in [0.1, 0.15) is 6.42 Å². The first kappa shape index (κ1) is 6.15. The minimum atomic E-state index is -0.325. The Bertz CT molecular complexity index is 274. The highest BCUT2D eigenvalue weighted by atomic mass is 16.2. The number of allylic oxidation sites excluding steroid dienone is 1. The molecule has 4 heteroatoms. The van der Waals surface area contributed by atoms with Crippen molar-refractivity contribution >= 4 is 11.8 Å². The molecule has 0 fully saturated rings. The lowest BCUT2D eigenvalue weighted by molar-refractivity contribution is -0.124. The van der Waals surface area contributed by atoms with Crippen molar-refractivity contribution in [3.63, 3.8) is 0 Å². The van der Waals surface area contributed by atoms with Gasteiger partial charge in [-0.25, -0.2) is 0 Å². The zero-order valence-electron chi connectivity index (χ0n) is 5.68. The molecule has 56 valence electrons. The third-order valence-corrected chi connectivity index (χ3v) is 1.70. The zero-order chi connectivity index (χ0) is 7.84. The van der Waals surface area contributed by atoms with Crippen LogP contribution in [0.2, 0.25) is 0 Å². The lowest BCUT2D eigenvalue weighted by atomic mass is 10.1. The summed E-state index contributed by atoms with van der Waals surface area (Å²) in [5, 5.41) is 4.93. The fraction of sp³-hybridized carbons (Fsp3) is 0.143. The van der Waals surface area contributed by atoms with E-state index in [0.29, 0.717) is 17.7 Å². The molecule has 0 atom stereocenters. The zero-order valence-corrected chi connectivity index (χ0v) is 5.68. The normalized spacial score (nSPS) is 21.5. The first-order valence-corrected chi connectivity index (χ1v) is 3.29. The Morgan fingerprint density at radius 1 is 1.27 bits per heavy atom. The van der Waals surface area contributed by atoms with Crippen molar-refractivity contribution in [3.8, 4) is 0 Å². The predicted octanol–water partition coefficient (Wildman–Crippen LogP) is -0.596. The molecule has 2 N–H and O–H groups in total. The summed E-state index contributed by atoms with van der Waals surface area (Å²) in [5.41, 5.74) is 0.940. The number of carbonyl (C=O) groups is 2. The minimum Gasteiger partial charge on any atom is -0.357 e. The number of imide groups is 1. The summed E-state index contributed by atoms with van der Waals surface area (Å²) >= 11 is 0. The fourth-order valence-electron chi connectivity index (χ4n) is 1.16. The Balaban J connectivity index is 2.42. The quantitative estimate of drug-likeness (QED) is 0.453. The van der Waals surface area contributed by atoms with Gasteiger partial charge in [-0.1, -0.05) is 6.08 Å². The van der Waals surface area contributed by atoms with Crippen LogP contribution in [0.15, 0.2) is 23.5 Å². The van der Waals surface area contributed by atoms with Crippen molar-refractivity contribution in [2.45, 2.75) is 6.42 Å². The van der Waals surface area contributed by atoms with Crippen molar-refractivity contribution in [2.75, 3.05) is 0 Å². The van der Waals surface area contributed by atoms with Gasteiger partial charge in [-0.05, 0) is 12.6 Å². The molecule has 4 nitrogen and oxygen atoms in total. The van der Waals surface area contributed by atoms with Crippen molar-refractivity contribution in [1.29, 1.82) is 0 Å². The van der Waals surface area contributed by atoms with Crippen LogP contribution in [-0.4, -0.2) is 11.8 Å². The Morgan fingerprint density at radius 3 is 2.82 bits per heavy atom. The van der Waals surface area contributed by atoms with Gasteiger partial charge in [-0.15, -0.1) is 0 Å². The smallest absolute Gasteiger partial charge is 0.275 e. The van der Waals surface area contributed by atoms with E-state index < -0.39 is 0 Å². The van der Waals surface area contributed by atoms with E-state index in [1.54, 1.807) is 12.3 Å². The van der Waals surface area contributed by atoms with Gasteiger partial charge >= 0.3 is 0 Å². The van der Waals surface area contributed by atoms with Crippen LogP contribution in [0.25, 0.3) is 0 Å². The maximum absolute atomic E-state index is 11.0. The highest BCUT2D eigenvalue weighted by Crippen LogP contribution is 2.17. The summed E-state index contributed by atoms with van der Waals surface area (Å²) in [6, 6.07) is 0. The molecule has 0 aromatic heterocycles. The second-order valence-corrected chi connectivity index (χ2v) is 2.39. The first-order valence-electron chi connectivity index (χ1n) is 3.29. The molecular weight excluding hydrogens is 144 g/mol. The van der Waals surface area contributed by atoms with Crippen molar-refractivity contribution in [1.82, 2.24) is 10.6 Å². The van der Waals surface area contributed by atoms with E-state index in [0.717, 1.165) is 0 Å². The largest absolute Gasteiger partial charge is 0.357 e. The Hall–Kier alpha value is -1.58. The van der Waals surface area contributed by atoms with Crippen molar-refractivity contribution < 1.29 is 9.59 Å². The Labute approximate surface area is 63.0 Å². The molecular formula is C7H6N2O2. The molecule has 0 bridgehead atoms. The second kappa shape index (κ2) is 1.95. The van der Waals surface area contributed by atoms with Crippen LogP contribution in [0.3, 0.4) is 0 Å². The molecule has 0 unspecified atom stereocenters. The lowest BCUT2D eigenvalue weighted by Crippen LogP contribution is -2.25. The van der Waals surface area contributed by atoms with Gasteiger partial charge in [-0.3, -0.25) is 14.9 Å². The molecule has 2 rings (SSSR count). The maximum Gasteiger partial charge on any atom is 0.275 e. The van der Waals surface area contributed by atoms with Crippen LogP contribution >= 0.6 is 0 Å². The van der Waals surface area contributed by atoms with Gasteiger partial charge in [-0.2, -0.15) is 0 Å². The SMILES string of the molecule is O=C1NC(=O)C2=C1CC=CN2. The van der Waals surface area contributed by atoms with Gasteiger partial charge in [0.05, 0.1) is 5.57 Å². The summed E-state index contributed by atoms with van der Waals surface area (Å²) in [4.78, 5) is 21.9. The van der Waals surface area contributed by atoms with Gasteiger partial charge in [0.15, 0.2) is 0 Å². The van der Waals surface area contributed by atoms with E-state index in [9.17, 15) is 9.59 Å². The number of hydrogen-bond acceptors (Lipinski definition) is 3. The monoisotopic (exact) mass is 150 g/mol. The number of dihydropyridines is 1.